The van der Waals surface area contributed by atoms with Gasteiger partial charge in [0.2, 0.25) is 11.6 Å². The number of likely N-dealkylation sites (tertiary alicyclic amines) is 1. The molecule has 1 amide bonds. The van der Waals surface area contributed by atoms with E-state index >= 15 is 0 Å². The van der Waals surface area contributed by atoms with Crippen molar-refractivity contribution in [1.29, 1.82) is 0 Å². The number of Topliss-reactive ketones (excluding diaryl/α,β-unsaturated/α-hetero) is 1. The fraction of sp³-hybridized carbons (Fsp3) is 0.758. The normalized spacial score (nSPS) is 46.8. The zero-order valence-electron chi connectivity index (χ0n) is 24.4. The summed E-state index contributed by atoms with van der Waals surface area (Å²) in [4.78, 5) is 46.5. The number of β-lactam (4-membered cyclic amide) rings is 1. The van der Waals surface area contributed by atoms with E-state index in [0.29, 0.717) is 6.42 Å². The van der Waals surface area contributed by atoms with Gasteiger partial charge in [-0.05, 0) is 79.1 Å². The van der Waals surface area contributed by atoms with Gasteiger partial charge in [-0.15, -0.1) is 0 Å². The summed E-state index contributed by atoms with van der Waals surface area (Å²) in [6.45, 7) is 24.2. The molecule has 0 bridgehead atoms. The maximum absolute atomic E-state index is 14.5. The molecule has 0 aromatic heterocycles. The molecule has 1 aliphatic heterocycles. The highest BCUT2D eigenvalue weighted by Crippen LogP contribution is 2.74. The van der Waals surface area contributed by atoms with Crippen LogP contribution in [0.15, 0.2) is 23.4 Å². The van der Waals surface area contributed by atoms with Crippen LogP contribution in [0.25, 0.3) is 4.85 Å². The molecule has 0 radical (unpaired) electrons. The van der Waals surface area contributed by atoms with Crippen LogP contribution in [0.4, 0.5) is 0 Å². The van der Waals surface area contributed by atoms with E-state index in [-0.39, 0.29) is 62.7 Å². The maximum atomic E-state index is 14.5. The van der Waals surface area contributed by atoms with Crippen LogP contribution in [-0.2, 0) is 14.4 Å². The summed E-state index contributed by atoms with van der Waals surface area (Å²) in [7, 11) is 0. The Morgan fingerprint density at radius 1 is 0.947 bits per heavy atom. The van der Waals surface area contributed by atoms with E-state index < -0.39 is 10.8 Å². The van der Waals surface area contributed by atoms with Crippen LogP contribution in [0.1, 0.15) is 99.8 Å². The van der Waals surface area contributed by atoms with Crippen molar-refractivity contribution in [2.24, 2.45) is 44.8 Å². The minimum Gasteiger partial charge on any atom is -0.336 e. The number of hydrogen-bond acceptors (Lipinski definition) is 3. The van der Waals surface area contributed by atoms with Crippen LogP contribution in [0.3, 0.4) is 0 Å². The molecule has 6 rings (SSSR count). The third-order valence-corrected chi connectivity index (χ3v) is 13.2. The molecule has 0 unspecified atom stereocenters. The van der Waals surface area contributed by atoms with Gasteiger partial charge in [0.25, 0.3) is 0 Å². The molecule has 4 fully saturated rings. The summed E-state index contributed by atoms with van der Waals surface area (Å²) in [6, 6.07) is 0. The number of carbonyl (C=O) groups excluding carboxylic acids is 3. The van der Waals surface area contributed by atoms with Crippen LogP contribution in [0, 0.1) is 51.4 Å². The number of allylic oxidation sites excluding steroid dienone is 4. The van der Waals surface area contributed by atoms with Crippen molar-refractivity contribution in [3.8, 4) is 0 Å². The summed E-state index contributed by atoms with van der Waals surface area (Å²) < 4.78 is 0. The second-order valence-corrected chi connectivity index (χ2v) is 15.6. The highest BCUT2D eigenvalue weighted by atomic mass is 16.2. The van der Waals surface area contributed by atoms with Crippen LogP contribution in [0.2, 0.25) is 0 Å². The van der Waals surface area contributed by atoms with Crippen LogP contribution >= 0.6 is 0 Å². The van der Waals surface area contributed by atoms with E-state index in [0.717, 1.165) is 57.1 Å². The molecule has 0 N–H and O–H groups in total. The van der Waals surface area contributed by atoms with Crippen molar-refractivity contribution in [2.45, 2.75) is 105 Å². The lowest BCUT2D eigenvalue weighted by Crippen LogP contribution is -2.72. The summed E-state index contributed by atoms with van der Waals surface area (Å²) >= 11 is 0. The van der Waals surface area contributed by atoms with Crippen molar-refractivity contribution in [3.05, 3.63) is 34.8 Å². The van der Waals surface area contributed by atoms with Gasteiger partial charge < -0.3 is 9.69 Å². The van der Waals surface area contributed by atoms with E-state index in [4.69, 9.17) is 6.57 Å². The Labute approximate surface area is 228 Å². The number of nitrogens with zero attached hydrogens (tertiary/aromatic N) is 2. The van der Waals surface area contributed by atoms with E-state index in [1.54, 1.807) is 0 Å². The smallest absolute Gasteiger partial charge is 0.226 e. The Morgan fingerprint density at radius 3 is 2.24 bits per heavy atom. The van der Waals surface area contributed by atoms with Crippen molar-refractivity contribution >= 4 is 17.5 Å². The Kier molecular flexibility index (Phi) is 5.13. The Bertz CT molecular complexity index is 1270. The quantitative estimate of drug-likeness (QED) is 0.294. The van der Waals surface area contributed by atoms with Crippen LogP contribution in [-0.4, -0.2) is 34.5 Å². The van der Waals surface area contributed by atoms with Gasteiger partial charge in [0.05, 0.1) is 6.57 Å². The number of ketones is 2. The SMILES string of the molecule is [C-]#[N+]C1=C[C@]2(C)C3=CC(=O)[C@@H]4[C@@H]5CC(C)(C)CC[C@]5(N5CCC5=O)CC[C@@]4(C)[C@]3(C)CC[C@H]2C(C)(C)C1=O. The molecular weight excluding hydrogens is 472 g/mol. The lowest BCUT2D eigenvalue weighted by molar-refractivity contribution is -0.192. The summed E-state index contributed by atoms with van der Waals surface area (Å²) in [5.74, 6) is 0.546. The van der Waals surface area contributed by atoms with E-state index in [9.17, 15) is 14.4 Å². The largest absolute Gasteiger partial charge is 0.336 e. The first-order valence-corrected chi connectivity index (χ1v) is 14.8. The first kappa shape index (κ1) is 26.0. The summed E-state index contributed by atoms with van der Waals surface area (Å²) in [5, 5.41) is 0. The standard InChI is InChI=1S/C33H44N2O3/c1-28(2)12-14-33(35-16-10-25(35)37)15-13-32(7)26(20(33)18-28)22(36)17-24-30(5)19-21(34-8)27(38)29(3,4)23(30)9-11-31(24,32)6/h17,19-20,23,26H,9-16,18H2,1-7H3/t20-,23-,26-,30-,31+,32+,33-/m0/s1. The number of rotatable bonds is 1. The minimum atomic E-state index is -0.640. The van der Waals surface area contributed by atoms with Gasteiger partial charge in [-0.1, -0.05) is 60.1 Å². The number of carbonyl (C=O) groups is 3. The van der Waals surface area contributed by atoms with Gasteiger partial charge >= 0.3 is 0 Å². The molecule has 5 aliphatic carbocycles. The Hall–Kier alpha value is -2.22. The highest BCUT2D eigenvalue weighted by Gasteiger charge is 2.71. The monoisotopic (exact) mass is 516 g/mol. The van der Waals surface area contributed by atoms with Crippen LogP contribution in [0.5, 0.6) is 0 Å². The van der Waals surface area contributed by atoms with Gasteiger partial charge in [0, 0.05) is 35.3 Å². The lowest BCUT2D eigenvalue weighted by Gasteiger charge is -2.71. The topological polar surface area (TPSA) is 58.8 Å². The van der Waals surface area contributed by atoms with Crippen molar-refractivity contribution in [1.82, 2.24) is 4.90 Å². The maximum Gasteiger partial charge on any atom is 0.226 e. The van der Waals surface area contributed by atoms with Gasteiger partial charge in [-0.3, -0.25) is 9.59 Å². The highest BCUT2D eigenvalue weighted by molar-refractivity contribution is 6.03. The molecule has 5 nitrogen and oxygen atoms in total. The third kappa shape index (κ3) is 2.91. The van der Waals surface area contributed by atoms with E-state index in [1.165, 1.54) is 0 Å². The molecule has 5 heteroatoms. The number of amides is 1. The Balaban J connectivity index is 1.52. The molecule has 0 spiro atoms. The zero-order chi connectivity index (χ0) is 27.7. The van der Waals surface area contributed by atoms with Crippen molar-refractivity contribution in [2.75, 3.05) is 6.54 Å². The van der Waals surface area contributed by atoms with Crippen LogP contribution < -0.4 is 0 Å². The summed E-state index contributed by atoms with van der Waals surface area (Å²) in [6.07, 6.45) is 11.4. The fourth-order valence-corrected chi connectivity index (χ4v) is 10.8. The molecule has 1 saturated heterocycles. The molecule has 1 heterocycles. The first-order chi connectivity index (χ1) is 17.6. The van der Waals surface area contributed by atoms with E-state index in [2.05, 4.69) is 44.4 Å². The number of hydrogen-bond donors (Lipinski definition) is 0. The predicted octanol–water partition coefficient (Wildman–Crippen LogP) is 6.54. The van der Waals surface area contributed by atoms with Crippen molar-refractivity contribution in [3.63, 3.8) is 0 Å². The molecule has 38 heavy (non-hydrogen) atoms. The molecule has 6 aliphatic rings. The average molecular weight is 517 g/mol. The zero-order valence-corrected chi connectivity index (χ0v) is 24.4. The molecule has 0 aromatic rings. The average Bonchev–Trinajstić information content (AvgIpc) is 2.82. The van der Waals surface area contributed by atoms with Gasteiger partial charge in [-0.2, -0.15) is 0 Å². The second-order valence-electron chi connectivity index (χ2n) is 15.6. The minimum absolute atomic E-state index is 0.0588. The number of fused-ring (bicyclic) bond motifs is 7. The van der Waals surface area contributed by atoms with Gasteiger partial charge in [0.15, 0.2) is 11.6 Å². The lowest BCUT2D eigenvalue weighted by atomic mass is 9.35. The second kappa shape index (κ2) is 7.49. The first-order valence-electron chi connectivity index (χ1n) is 14.8. The molecule has 0 aromatic carbocycles. The molecule has 7 atom stereocenters. The predicted molar refractivity (Wildman–Crippen MR) is 147 cm³/mol. The van der Waals surface area contributed by atoms with Crippen molar-refractivity contribution < 1.29 is 14.4 Å². The van der Waals surface area contributed by atoms with E-state index in [1.807, 2.05) is 26.0 Å². The fourth-order valence-electron chi connectivity index (χ4n) is 10.8. The van der Waals surface area contributed by atoms with Gasteiger partial charge in [0.1, 0.15) is 0 Å². The molecular formula is C33H44N2O3. The third-order valence-electron chi connectivity index (χ3n) is 13.2. The Morgan fingerprint density at radius 2 is 1.63 bits per heavy atom. The van der Waals surface area contributed by atoms with Gasteiger partial charge in [-0.25, -0.2) is 4.85 Å². The summed E-state index contributed by atoms with van der Waals surface area (Å²) in [5.41, 5.74) is -0.235. The molecule has 3 saturated carbocycles. The molecule has 204 valence electrons.